The van der Waals surface area contributed by atoms with E-state index in [9.17, 15) is 14.7 Å². The lowest BCUT2D eigenvalue weighted by Crippen LogP contribution is -2.44. The molecule has 3 aliphatic rings. The number of carboxylic acid groups (broad SMARTS) is 1. The number of nitrogens with zero attached hydrogens (tertiary/aromatic N) is 1. The van der Waals surface area contributed by atoms with Gasteiger partial charge in [0.2, 0.25) is 0 Å². The minimum absolute atomic E-state index is 0.103. The van der Waals surface area contributed by atoms with E-state index in [-0.39, 0.29) is 11.9 Å². The van der Waals surface area contributed by atoms with Gasteiger partial charge in [-0.1, -0.05) is 13.3 Å². The molecule has 0 aromatic heterocycles. The maximum absolute atomic E-state index is 12.4. The van der Waals surface area contributed by atoms with Gasteiger partial charge in [-0.25, -0.2) is 4.79 Å². The summed E-state index contributed by atoms with van der Waals surface area (Å²) in [5, 5.41) is 12.6. The van der Waals surface area contributed by atoms with E-state index >= 15 is 0 Å². The number of aliphatic carboxylic acids is 1. The molecular weight excluding hydrogens is 284 g/mol. The van der Waals surface area contributed by atoms with Crippen molar-refractivity contribution in [2.24, 2.45) is 23.2 Å². The molecule has 0 aromatic rings. The summed E-state index contributed by atoms with van der Waals surface area (Å²) < 4.78 is 5.42. The number of rotatable bonds is 3. The Morgan fingerprint density at radius 2 is 2.23 bits per heavy atom. The van der Waals surface area contributed by atoms with Crippen LogP contribution in [0.4, 0.5) is 4.79 Å². The molecule has 2 unspecified atom stereocenters. The number of likely N-dealkylation sites (tertiary alicyclic amines) is 1. The number of nitrogens with one attached hydrogen (secondary N) is 1. The van der Waals surface area contributed by atoms with Crippen LogP contribution in [0.25, 0.3) is 0 Å². The summed E-state index contributed by atoms with van der Waals surface area (Å²) in [6, 6.07) is -0.103. The molecule has 2 amide bonds. The lowest BCUT2D eigenvalue weighted by atomic mass is 9.81. The normalized spacial score (nSPS) is 37.9. The van der Waals surface area contributed by atoms with E-state index in [2.05, 4.69) is 12.2 Å². The first-order valence-electron chi connectivity index (χ1n) is 8.37. The molecule has 1 aliphatic carbocycles. The van der Waals surface area contributed by atoms with Crippen LogP contribution in [-0.2, 0) is 9.53 Å². The van der Waals surface area contributed by atoms with Crippen molar-refractivity contribution in [3.63, 3.8) is 0 Å². The van der Waals surface area contributed by atoms with Crippen molar-refractivity contribution < 1.29 is 19.4 Å². The van der Waals surface area contributed by atoms with E-state index < -0.39 is 11.4 Å². The van der Waals surface area contributed by atoms with E-state index in [0.717, 1.165) is 32.5 Å². The molecule has 2 saturated heterocycles. The van der Waals surface area contributed by atoms with Gasteiger partial charge >= 0.3 is 12.0 Å². The molecule has 0 bridgehead atoms. The summed E-state index contributed by atoms with van der Waals surface area (Å²) in [6.45, 7) is 5.27. The van der Waals surface area contributed by atoms with E-state index in [0.29, 0.717) is 37.9 Å². The van der Waals surface area contributed by atoms with Gasteiger partial charge in [-0.05, 0) is 37.0 Å². The number of carbonyl (C=O) groups is 2. The fraction of sp³-hybridized carbons (Fsp3) is 0.875. The molecule has 6 heteroatoms. The zero-order valence-electron chi connectivity index (χ0n) is 13.2. The minimum Gasteiger partial charge on any atom is -0.481 e. The van der Waals surface area contributed by atoms with E-state index in [4.69, 9.17) is 4.74 Å². The first kappa shape index (κ1) is 15.6. The minimum atomic E-state index is -0.733. The van der Waals surface area contributed by atoms with E-state index in [1.165, 1.54) is 0 Å². The van der Waals surface area contributed by atoms with Gasteiger partial charge in [0, 0.05) is 32.8 Å². The van der Waals surface area contributed by atoms with Crippen LogP contribution in [0, 0.1) is 23.2 Å². The Morgan fingerprint density at radius 3 is 2.91 bits per heavy atom. The largest absolute Gasteiger partial charge is 0.481 e. The van der Waals surface area contributed by atoms with Gasteiger partial charge in [-0.3, -0.25) is 4.79 Å². The average Bonchev–Trinajstić information content (AvgIpc) is 3.04. The molecule has 2 aliphatic heterocycles. The molecule has 22 heavy (non-hydrogen) atoms. The molecule has 3 fully saturated rings. The lowest BCUT2D eigenvalue weighted by Gasteiger charge is -2.30. The maximum Gasteiger partial charge on any atom is 0.317 e. The molecular formula is C16H26N2O4. The first-order chi connectivity index (χ1) is 10.5. The SMILES string of the molecule is CC1COCCC1CNC(=O)N1C[C@@H]2CCC[C@@]2(C(=O)O)C1. The molecule has 6 nitrogen and oxygen atoms in total. The number of ether oxygens (including phenoxy) is 1. The van der Waals surface area contributed by atoms with E-state index in [1.54, 1.807) is 4.90 Å². The number of hydrogen-bond donors (Lipinski definition) is 2. The summed E-state index contributed by atoms with van der Waals surface area (Å²) in [5.74, 6) is 0.298. The van der Waals surface area contributed by atoms with Crippen LogP contribution in [0.2, 0.25) is 0 Å². The summed E-state index contributed by atoms with van der Waals surface area (Å²) in [6.07, 6.45) is 3.57. The van der Waals surface area contributed by atoms with Gasteiger partial charge in [0.05, 0.1) is 5.41 Å². The number of urea groups is 1. The quantitative estimate of drug-likeness (QED) is 0.829. The number of carbonyl (C=O) groups excluding carboxylic acids is 1. The third-order valence-corrected chi connectivity index (χ3v) is 5.92. The number of fused-ring (bicyclic) bond motifs is 1. The topological polar surface area (TPSA) is 78.9 Å². The molecule has 2 heterocycles. The van der Waals surface area contributed by atoms with Crippen molar-refractivity contribution in [2.75, 3.05) is 32.8 Å². The second-order valence-electron chi connectivity index (χ2n) is 7.22. The Labute approximate surface area is 131 Å². The van der Waals surface area contributed by atoms with Gasteiger partial charge in [0.1, 0.15) is 0 Å². The molecule has 2 N–H and O–H groups in total. The monoisotopic (exact) mass is 310 g/mol. The fourth-order valence-electron chi connectivity index (χ4n) is 4.35. The van der Waals surface area contributed by atoms with Crippen molar-refractivity contribution >= 4 is 12.0 Å². The van der Waals surface area contributed by atoms with Crippen LogP contribution in [0.15, 0.2) is 0 Å². The highest BCUT2D eigenvalue weighted by Crippen LogP contribution is 2.48. The van der Waals surface area contributed by atoms with Gasteiger partial charge < -0.3 is 20.1 Å². The summed E-state index contributed by atoms with van der Waals surface area (Å²) >= 11 is 0. The molecule has 4 atom stereocenters. The highest BCUT2D eigenvalue weighted by Gasteiger charge is 2.55. The smallest absolute Gasteiger partial charge is 0.317 e. The average molecular weight is 310 g/mol. The Kier molecular flexibility index (Phi) is 4.30. The van der Waals surface area contributed by atoms with Crippen molar-refractivity contribution in [1.29, 1.82) is 0 Å². The van der Waals surface area contributed by atoms with Gasteiger partial charge in [0.15, 0.2) is 0 Å². The predicted molar refractivity (Wildman–Crippen MR) is 80.5 cm³/mol. The number of amides is 2. The molecule has 0 aromatic carbocycles. The highest BCUT2D eigenvalue weighted by atomic mass is 16.5. The molecule has 3 rings (SSSR count). The van der Waals surface area contributed by atoms with Crippen molar-refractivity contribution in [3.8, 4) is 0 Å². The van der Waals surface area contributed by atoms with Gasteiger partial charge in [-0.2, -0.15) is 0 Å². The van der Waals surface area contributed by atoms with Crippen LogP contribution < -0.4 is 5.32 Å². The third-order valence-electron chi connectivity index (χ3n) is 5.92. The fourth-order valence-corrected chi connectivity index (χ4v) is 4.35. The van der Waals surface area contributed by atoms with Crippen LogP contribution in [-0.4, -0.2) is 54.9 Å². The predicted octanol–water partition coefficient (Wildman–Crippen LogP) is 1.56. The van der Waals surface area contributed by atoms with Gasteiger partial charge in [-0.15, -0.1) is 0 Å². The summed E-state index contributed by atoms with van der Waals surface area (Å²) in [7, 11) is 0. The van der Waals surface area contributed by atoms with E-state index in [1.807, 2.05) is 0 Å². The zero-order valence-corrected chi connectivity index (χ0v) is 13.2. The molecule has 0 spiro atoms. The Balaban J connectivity index is 1.54. The second-order valence-corrected chi connectivity index (χ2v) is 7.22. The molecule has 124 valence electrons. The second kappa shape index (κ2) is 6.07. The van der Waals surface area contributed by atoms with Crippen LogP contribution in [0.1, 0.15) is 32.6 Å². The Morgan fingerprint density at radius 1 is 1.41 bits per heavy atom. The number of carboxylic acids is 1. The summed E-state index contributed by atoms with van der Waals surface area (Å²) in [5.41, 5.74) is -0.691. The maximum atomic E-state index is 12.4. The Hall–Kier alpha value is -1.30. The molecule has 1 saturated carbocycles. The lowest BCUT2D eigenvalue weighted by molar-refractivity contribution is -0.149. The number of hydrogen-bond acceptors (Lipinski definition) is 3. The van der Waals surface area contributed by atoms with Crippen LogP contribution in [0.3, 0.4) is 0 Å². The standard InChI is InChI=1S/C16H26N2O4/c1-11-9-22-6-4-12(11)7-17-15(21)18-8-13-3-2-5-16(13,10-18)14(19)20/h11-13H,2-10H2,1H3,(H,17,21)(H,19,20)/t11?,12?,13-,16+/m0/s1. The van der Waals surface area contributed by atoms with Crippen LogP contribution in [0.5, 0.6) is 0 Å². The third kappa shape index (κ3) is 2.69. The summed E-state index contributed by atoms with van der Waals surface area (Å²) in [4.78, 5) is 25.7. The van der Waals surface area contributed by atoms with Crippen molar-refractivity contribution in [2.45, 2.75) is 32.6 Å². The highest BCUT2D eigenvalue weighted by molar-refractivity contribution is 5.80. The molecule has 0 radical (unpaired) electrons. The first-order valence-corrected chi connectivity index (χ1v) is 8.37. The zero-order chi connectivity index (χ0) is 15.7. The van der Waals surface area contributed by atoms with Crippen LogP contribution >= 0.6 is 0 Å². The Bertz CT molecular complexity index is 455. The van der Waals surface area contributed by atoms with Crippen molar-refractivity contribution in [3.05, 3.63) is 0 Å². The van der Waals surface area contributed by atoms with Gasteiger partial charge in [0.25, 0.3) is 0 Å². The van der Waals surface area contributed by atoms with Crippen molar-refractivity contribution in [1.82, 2.24) is 10.2 Å².